The zero-order valence-corrected chi connectivity index (χ0v) is 12.1. The molecule has 3 nitrogen and oxygen atoms in total. The third kappa shape index (κ3) is 3.11. The Bertz CT molecular complexity index is 610. The number of halogens is 1. The van der Waals surface area contributed by atoms with Gasteiger partial charge in [-0.15, -0.1) is 0 Å². The predicted octanol–water partition coefficient (Wildman–Crippen LogP) is 4.24. The summed E-state index contributed by atoms with van der Waals surface area (Å²) in [6.07, 6.45) is 0. The molecule has 20 heavy (non-hydrogen) atoms. The van der Waals surface area contributed by atoms with Crippen LogP contribution in [0.5, 0.6) is 0 Å². The maximum absolute atomic E-state index is 10.8. The normalized spacial score (nSPS) is 11.9. The Hall–Kier alpha value is -2.00. The number of aromatic carboxylic acids is 1. The van der Waals surface area contributed by atoms with Crippen LogP contribution in [0.2, 0.25) is 5.02 Å². The summed E-state index contributed by atoms with van der Waals surface area (Å²) in [4.78, 5) is 12.9. The van der Waals surface area contributed by atoms with E-state index in [-0.39, 0.29) is 11.6 Å². The van der Waals surface area contributed by atoms with Crippen LogP contribution in [0.15, 0.2) is 48.5 Å². The molecule has 0 heterocycles. The first-order chi connectivity index (χ1) is 9.49. The first-order valence-corrected chi connectivity index (χ1v) is 6.68. The van der Waals surface area contributed by atoms with Gasteiger partial charge in [-0.05, 0) is 48.9 Å². The molecule has 0 aliphatic heterocycles. The van der Waals surface area contributed by atoms with Crippen LogP contribution in [0.4, 0.5) is 5.69 Å². The molecule has 104 valence electrons. The van der Waals surface area contributed by atoms with Crippen LogP contribution in [0.25, 0.3) is 0 Å². The standard InChI is InChI=1S/C16H16ClNO2/c1-11(13-4-3-5-14(17)10-13)18(2)15-8-6-12(7-9-15)16(19)20/h3-11H,1-2H3,(H,19,20). The smallest absolute Gasteiger partial charge is 0.335 e. The van der Waals surface area contributed by atoms with Crippen LogP contribution in [0, 0.1) is 0 Å². The van der Waals surface area contributed by atoms with Gasteiger partial charge in [0.05, 0.1) is 11.6 Å². The first kappa shape index (κ1) is 14.4. The number of hydrogen-bond donors (Lipinski definition) is 1. The summed E-state index contributed by atoms with van der Waals surface area (Å²) in [5.41, 5.74) is 2.36. The van der Waals surface area contributed by atoms with Crippen LogP contribution < -0.4 is 4.90 Å². The van der Waals surface area contributed by atoms with Gasteiger partial charge in [-0.1, -0.05) is 23.7 Å². The lowest BCUT2D eigenvalue weighted by Crippen LogP contribution is -2.21. The van der Waals surface area contributed by atoms with Gasteiger partial charge in [0.1, 0.15) is 0 Å². The van der Waals surface area contributed by atoms with Gasteiger partial charge in [-0.25, -0.2) is 4.79 Å². The second kappa shape index (κ2) is 5.97. The lowest BCUT2D eigenvalue weighted by molar-refractivity contribution is 0.0697. The topological polar surface area (TPSA) is 40.5 Å². The molecule has 4 heteroatoms. The second-order valence-corrected chi connectivity index (χ2v) is 5.13. The van der Waals surface area contributed by atoms with E-state index in [9.17, 15) is 4.79 Å². The minimum atomic E-state index is -0.915. The SMILES string of the molecule is CC(c1cccc(Cl)c1)N(C)c1ccc(C(=O)O)cc1. The lowest BCUT2D eigenvalue weighted by atomic mass is 10.1. The van der Waals surface area contributed by atoms with E-state index >= 15 is 0 Å². The zero-order valence-electron chi connectivity index (χ0n) is 11.4. The minimum Gasteiger partial charge on any atom is -0.478 e. The number of carboxylic acids is 1. The van der Waals surface area contributed by atoms with Crippen LogP contribution in [-0.4, -0.2) is 18.1 Å². The predicted molar refractivity (Wildman–Crippen MR) is 81.7 cm³/mol. The Morgan fingerprint density at radius 1 is 1.20 bits per heavy atom. The Labute approximate surface area is 123 Å². The van der Waals surface area contributed by atoms with Crippen molar-refractivity contribution in [3.63, 3.8) is 0 Å². The summed E-state index contributed by atoms with van der Waals surface area (Å²) < 4.78 is 0. The van der Waals surface area contributed by atoms with E-state index in [0.717, 1.165) is 11.3 Å². The maximum atomic E-state index is 10.8. The third-order valence-electron chi connectivity index (χ3n) is 3.43. The number of benzene rings is 2. The largest absolute Gasteiger partial charge is 0.478 e. The van der Waals surface area contributed by atoms with Crippen LogP contribution in [-0.2, 0) is 0 Å². The summed E-state index contributed by atoms with van der Waals surface area (Å²) in [7, 11) is 1.97. The highest BCUT2D eigenvalue weighted by Crippen LogP contribution is 2.26. The number of carbonyl (C=O) groups is 1. The molecular formula is C16H16ClNO2. The van der Waals surface area contributed by atoms with Gasteiger partial charge in [-0.2, -0.15) is 0 Å². The molecule has 0 radical (unpaired) electrons. The first-order valence-electron chi connectivity index (χ1n) is 6.30. The minimum absolute atomic E-state index is 0.143. The van der Waals surface area contributed by atoms with Gasteiger partial charge in [0.2, 0.25) is 0 Å². The molecule has 1 unspecified atom stereocenters. The molecule has 0 bridgehead atoms. The number of anilines is 1. The molecule has 1 N–H and O–H groups in total. The molecule has 2 rings (SSSR count). The molecule has 0 aliphatic carbocycles. The molecule has 0 fully saturated rings. The van der Waals surface area contributed by atoms with E-state index in [2.05, 4.69) is 11.8 Å². The Balaban J connectivity index is 2.22. The van der Waals surface area contributed by atoms with Crippen molar-refractivity contribution in [3.05, 3.63) is 64.7 Å². The third-order valence-corrected chi connectivity index (χ3v) is 3.67. The molecule has 0 saturated carbocycles. The molecule has 2 aromatic carbocycles. The molecule has 2 aromatic rings. The summed E-state index contributed by atoms with van der Waals surface area (Å²) in [5.74, 6) is -0.915. The quantitative estimate of drug-likeness (QED) is 0.915. The van der Waals surface area contributed by atoms with E-state index < -0.39 is 5.97 Å². The highest BCUT2D eigenvalue weighted by molar-refractivity contribution is 6.30. The second-order valence-electron chi connectivity index (χ2n) is 4.69. The number of hydrogen-bond acceptors (Lipinski definition) is 2. The lowest BCUT2D eigenvalue weighted by Gasteiger charge is -2.27. The summed E-state index contributed by atoms with van der Waals surface area (Å²) >= 11 is 6.01. The van der Waals surface area contributed by atoms with Gasteiger partial charge in [-0.3, -0.25) is 0 Å². The Morgan fingerprint density at radius 3 is 2.40 bits per heavy atom. The van der Waals surface area contributed by atoms with Crippen molar-refractivity contribution in [2.24, 2.45) is 0 Å². The zero-order chi connectivity index (χ0) is 14.7. The number of rotatable bonds is 4. The Morgan fingerprint density at radius 2 is 1.85 bits per heavy atom. The van der Waals surface area contributed by atoms with Gasteiger partial charge >= 0.3 is 5.97 Å². The van der Waals surface area contributed by atoms with Crippen LogP contribution in [0.1, 0.15) is 28.9 Å². The molecule has 0 spiro atoms. The van der Waals surface area contributed by atoms with E-state index in [1.54, 1.807) is 12.1 Å². The Kier molecular flexibility index (Phi) is 4.30. The molecular weight excluding hydrogens is 274 g/mol. The van der Waals surface area contributed by atoms with Gasteiger partial charge in [0.25, 0.3) is 0 Å². The van der Waals surface area contributed by atoms with Crippen molar-refractivity contribution in [1.29, 1.82) is 0 Å². The average molecular weight is 290 g/mol. The molecule has 0 amide bonds. The van der Waals surface area contributed by atoms with E-state index in [1.165, 1.54) is 0 Å². The van der Waals surface area contributed by atoms with Crippen molar-refractivity contribution in [1.82, 2.24) is 0 Å². The number of nitrogens with zero attached hydrogens (tertiary/aromatic N) is 1. The van der Waals surface area contributed by atoms with E-state index in [1.807, 2.05) is 43.4 Å². The van der Waals surface area contributed by atoms with Gasteiger partial charge in [0.15, 0.2) is 0 Å². The average Bonchev–Trinajstić information content (AvgIpc) is 2.46. The highest BCUT2D eigenvalue weighted by atomic mass is 35.5. The monoisotopic (exact) mass is 289 g/mol. The fourth-order valence-electron chi connectivity index (χ4n) is 2.05. The van der Waals surface area contributed by atoms with Crippen molar-refractivity contribution in [2.45, 2.75) is 13.0 Å². The van der Waals surface area contributed by atoms with Crippen molar-refractivity contribution in [2.75, 3.05) is 11.9 Å². The van der Waals surface area contributed by atoms with Crippen molar-refractivity contribution in [3.8, 4) is 0 Å². The molecule has 0 saturated heterocycles. The van der Waals surface area contributed by atoms with E-state index in [0.29, 0.717) is 5.02 Å². The fraction of sp³-hybridized carbons (Fsp3) is 0.188. The summed E-state index contributed by atoms with van der Waals surface area (Å²) in [6, 6.07) is 14.7. The summed E-state index contributed by atoms with van der Waals surface area (Å²) in [5, 5.41) is 9.62. The molecule has 1 atom stereocenters. The maximum Gasteiger partial charge on any atom is 0.335 e. The van der Waals surface area contributed by atoms with Gasteiger partial charge in [0, 0.05) is 17.8 Å². The van der Waals surface area contributed by atoms with Crippen molar-refractivity contribution >= 4 is 23.3 Å². The molecule has 0 aliphatic rings. The van der Waals surface area contributed by atoms with E-state index in [4.69, 9.17) is 16.7 Å². The summed E-state index contributed by atoms with van der Waals surface area (Å²) in [6.45, 7) is 2.08. The molecule has 0 aromatic heterocycles. The van der Waals surface area contributed by atoms with Crippen molar-refractivity contribution < 1.29 is 9.90 Å². The highest BCUT2D eigenvalue weighted by Gasteiger charge is 2.13. The van der Waals surface area contributed by atoms with Crippen LogP contribution >= 0.6 is 11.6 Å². The fourth-order valence-corrected chi connectivity index (χ4v) is 2.25. The number of carboxylic acid groups (broad SMARTS) is 1. The van der Waals surface area contributed by atoms with Crippen LogP contribution in [0.3, 0.4) is 0 Å². The van der Waals surface area contributed by atoms with Gasteiger partial charge < -0.3 is 10.0 Å².